The van der Waals surface area contributed by atoms with Gasteiger partial charge in [-0.1, -0.05) is 30.9 Å². The number of rotatable bonds is 19. The highest BCUT2D eigenvalue weighted by Gasteiger charge is 2.40. The zero-order valence-corrected chi connectivity index (χ0v) is 34.5. The molecular weight excluding hydrogens is 784 g/mol. The quantitative estimate of drug-likeness (QED) is 0.0815. The summed E-state index contributed by atoms with van der Waals surface area (Å²) in [4.78, 5) is 75.2. The molecule has 0 spiro atoms. The second-order valence-corrected chi connectivity index (χ2v) is 17.5. The normalized spacial score (nSPS) is 20.6. The second-order valence-electron chi connectivity index (χ2n) is 16.0. The third-order valence-electron chi connectivity index (χ3n) is 11.7. The first-order chi connectivity index (χ1) is 28.0. The third kappa shape index (κ3) is 10.3. The molecule has 58 heavy (non-hydrogen) atoms. The van der Waals surface area contributed by atoms with E-state index in [1.165, 1.54) is 29.1 Å². The average Bonchev–Trinajstić information content (AvgIpc) is 3.71. The Morgan fingerprint density at radius 3 is 2.55 bits per heavy atom. The molecule has 312 valence electrons. The monoisotopic (exact) mass is 836 g/mol. The first-order valence-corrected chi connectivity index (χ1v) is 21.8. The third-order valence-corrected chi connectivity index (χ3v) is 13.1. The highest BCUT2D eigenvalue weighted by molar-refractivity contribution is 7.14. The lowest BCUT2D eigenvalue weighted by Crippen LogP contribution is -2.52. The molecule has 3 aromatic heterocycles. The lowest BCUT2D eigenvalue weighted by molar-refractivity contribution is -0.137. The molecule has 1 atom stereocenters. The molecule has 2 aliphatic carbocycles. The summed E-state index contributed by atoms with van der Waals surface area (Å²) in [5, 5.41) is 26.9. The van der Waals surface area contributed by atoms with E-state index in [0.29, 0.717) is 60.1 Å². The van der Waals surface area contributed by atoms with Gasteiger partial charge < -0.3 is 30.9 Å². The number of amides is 5. The van der Waals surface area contributed by atoms with E-state index in [9.17, 15) is 29.1 Å². The van der Waals surface area contributed by atoms with Crippen molar-refractivity contribution in [3.63, 3.8) is 0 Å². The van der Waals surface area contributed by atoms with Crippen LogP contribution >= 0.6 is 22.9 Å². The number of thiophene rings is 1. The van der Waals surface area contributed by atoms with Crippen LogP contribution in [-0.2, 0) is 40.9 Å². The van der Waals surface area contributed by atoms with E-state index in [1.54, 1.807) is 11.1 Å². The number of imide groups is 1. The zero-order chi connectivity index (χ0) is 40.8. The standard InChI is InChI=1S/C40H53ClN10O6S/c1-49-32(17-24-7-8-24)29(20-45-49)35-30(41)21-44-39(48-35)46-26-9-11-27(12-10-26)50(40(56)57)16-6-4-2-3-5-15-42-22-34(53)43-19-28-18-25-23-51(38(55)36(25)58-28)31-13-14-33(52)47-37(31)54/h18,20-21,24,26-27,31,42H,2-17,19,22-23H2,1H3,(H,43,53)(H,56,57)(H,44,46,48)(H,47,52,54). The summed E-state index contributed by atoms with van der Waals surface area (Å²) in [6.45, 7) is 2.07. The van der Waals surface area contributed by atoms with Crippen LogP contribution in [0.25, 0.3) is 11.3 Å². The van der Waals surface area contributed by atoms with E-state index >= 15 is 0 Å². The average molecular weight is 837 g/mol. The molecule has 16 nitrogen and oxygen atoms in total. The van der Waals surface area contributed by atoms with E-state index in [1.807, 2.05) is 24.0 Å². The van der Waals surface area contributed by atoms with Gasteiger partial charge in [-0.25, -0.2) is 14.8 Å². The molecule has 5 N–H and O–H groups in total. The maximum absolute atomic E-state index is 12.9. The van der Waals surface area contributed by atoms with Gasteiger partial charge in [0.1, 0.15) is 6.04 Å². The molecule has 7 rings (SSSR count). The topological polar surface area (TPSA) is 204 Å². The number of aryl methyl sites for hydroxylation is 1. The molecule has 1 unspecified atom stereocenters. The molecule has 2 saturated carbocycles. The number of carbonyl (C=O) groups excluding carboxylic acids is 4. The predicted molar refractivity (Wildman–Crippen MR) is 218 cm³/mol. The number of carbonyl (C=O) groups is 5. The Hall–Kier alpha value is -4.61. The number of anilines is 1. The van der Waals surface area contributed by atoms with E-state index in [4.69, 9.17) is 16.6 Å². The number of unbranched alkanes of at least 4 members (excludes halogenated alkanes) is 4. The number of aromatic nitrogens is 4. The SMILES string of the molecule is Cn1ncc(-c2nc(NC3CCC(N(CCCCCCCNCC(=O)NCc4cc5c(s4)C(=O)N(C4CCC(=O)NC4=O)C5)C(=O)O)CC3)ncc2Cl)c1CC1CC1. The molecule has 0 aromatic carbocycles. The fraction of sp³-hybridized carbons (Fsp3) is 0.600. The minimum absolute atomic E-state index is 0.00786. The van der Waals surface area contributed by atoms with Crippen molar-refractivity contribution in [3.8, 4) is 11.3 Å². The fourth-order valence-corrected chi connectivity index (χ4v) is 9.53. The van der Waals surface area contributed by atoms with E-state index in [0.717, 1.165) is 85.9 Å². The molecule has 0 bridgehead atoms. The van der Waals surface area contributed by atoms with Gasteiger partial charge in [-0.2, -0.15) is 5.10 Å². The maximum atomic E-state index is 12.9. The fourth-order valence-electron chi connectivity index (χ4n) is 8.27. The van der Waals surface area contributed by atoms with Crippen molar-refractivity contribution in [2.24, 2.45) is 13.0 Å². The summed E-state index contributed by atoms with van der Waals surface area (Å²) in [5.41, 5.74) is 3.61. The number of halogens is 1. The van der Waals surface area contributed by atoms with Crippen LogP contribution in [0.5, 0.6) is 0 Å². The van der Waals surface area contributed by atoms with Gasteiger partial charge in [0.05, 0.1) is 41.1 Å². The minimum atomic E-state index is -0.865. The van der Waals surface area contributed by atoms with Gasteiger partial charge in [0, 0.05) is 54.8 Å². The molecule has 5 amide bonds. The van der Waals surface area contributed by atoms with Crippen molar-refractivity contribution < 1.29 is 29.1 Å². The number of piperidine rings is 1. The van der Waals surface area contributed by atoms with Gasteiger partial charge in [-0.15, -0.1) is 11.3 Å². The maximum Gasteiger partial charge on any atom is 0.407 e. The lowest BCUT2D eigenvalue weighted by atomic mass is 9.90. The summed E-state index contributed by atoms with van der Waals surface area (Å²) >= 11 is 7.89. The Labute approximate surface area is 346 Å². The van der Waals surface area contributed by atoms with Gasteiger partial charge in [0.25, 0.3) is 5.91 Å². The highest BCUT2D eigenvalue weighted by Crippen LogP contribution is 2.37. The molecule has 1 saturated heterocycles. The first kappa shape index (κ1) is 41.5. The van der Waals surface area contributed by atoms with E-state index < -0.39 is 18.0 Å². The van der Waals surface area contributed by atoms with Crippen LogP contribution in [0.4, 0.5) is 10.7 Å². The van der Waals surface area contributed by atoms with Gasteiger partial charge in [-0.05, 0) is 88.3 Å². The van der Waals surface area contributed by atoms with Gasteiger partial charge in [0.2, 0.25) is 23.7 Å². The molecule has 4 aliphatic rings. The molecule has 3 fully saturated rings. The van der Waals surface area contributed by atoms with Crippen LogP contribution in [0.1, 0.15) is 109 Å². The number of carboxylic acid groups (broad SMARTS) is 1. The molecule has 3 aromatic rings. The number of nitrogens with one attached hydrogen (secondary N) is 4. The summed E-state index contributed by atoms with van der Waals surface area (Å²) in [6.07, 6.45) is 14.4. The van der Waals surface area contributed by atoms with Crippen molar-refractivity contribution in [2.75, 3.05) is 25.0 Å². The van der Waals surface area contributed by atoms with Crippen molar-refractivity contribution in [1.82, 2.24) is 45.5 Å². The van der Waals surface area contributed by atoms with Crippen molar-refractivity contribution in [3.05, 3.63) is 44.5 Å². The summed E-state index contributed by atoms with van der Waals surface area (Å²) in [6, 6.07) is 1.41. The summed E-state index contributed by atoms with van der Waals surface area (Å²) in [7, 11) is 1.95. The van der Waals surface area contributed by atoms with Gasteiger partial charge >= 0.3 is 6.09 Å². The van der Waals surface area contributed by atoms with Crippen molar-refractivity contribution in [2.45, 2.75) is 121 Å². The molecule has 0 radical (unpaired) electrons. The minimum Gasteiger partial charge on any atom is -0.465 e. The van der Waals surface area contributed by atoms with Crippen LogP contribution in [0, 0.1) is 5.92 Å². The van der Waals surface area contributed by atoms with Gasteiger partial charge in [-0.3, -0.25) is 29.2 Å². The van der Waals surface area contributed by atoms with Gasteiger partial charge in [0.15, 0.2) is 0 Å². The largest absolute Gasteiger partial charge is 0.465 e. The van der Waals surface area contributed by atoms with Crippen LogP contribution in [0.2, 0.25) is 5.02 Å². The number of fused-ring (bicyclic) bond motifs is 1. The Morgan fingerprint density at radius 1 is 1.03 bits per heavy atom. The Bertz CT molecular complexity index is 1990. The smallest absolute Gasteiger partial charge is 0.407 e. The highest BCUT2D eigenvalue weighted by atomic mass is 35.5. The van der Waals surface area contributed by atoms with E-state index in [2.05, 4.69) is 31.3 Å². The van der Waals surface area contributed by atoms with Crippen LogP contribution < -0.4 is 21.3 Å². The predicted octanol–water partition coefficient (Wildman–Crippen LogP) is 4.87. The first-order valence-electron chi connectivity index (χ1n) is 20.6. The van der Waals surface area contributed by atoms with E-state index in [-0.39, 0.29) is 42.8 Å². The van der Waals surface area contributed by atoms with Crippen LogP contribution in [0.15, 0.2) is 18.5 Å². The number of hydrogen-bond donors (Lipinski definition) is 5. The van der Waals surface area contributed by atoms with Crippen molar-refractivity contribution in [1.29, 1.82) is 0 Å². The zero-order valence-electron chi connectivity index (χ0n) is 32.9. The lowest BCUT2D eigenvalue weighted by Gasteiger charge is -2.35. The Kier molecular flexibility index (Phi) is 13.6. The molecule has 5 heterocycles. The second kappa shape index (κ2) is 19.0. The summed E-state index contributed by atoms with van der Waals surface area (Å²) < 4.78 is 1.91. The van der Waals surface area contributed by atoms with Crippen LogP contribution in [-0.4, -0.2) is 102 Å². The number of nitrogens with zero attached hydrogens (tertiary/aromatic N) is 6. The number of hydrogen-bond acceptors (Lipinski definition) is 11. The Balaban J connectivity index is 0.740. The molecule has 2 aliphatic heterocycles. The summed E-state index contributed by atoms with van der Waals surface area (Å²) in [5.74, 6) is 0.143. The molecular formula is C40H53ClN10O6S. The Morgan fingerprint density at radius 2 is 1.81 bits per heavy atom. The van der Waals surface area contributed by atoms with Crippen LogP contribution in [0.3, 0.4) is 0 Å². The van der Waals surface area contributed by atoms with Crippen molar-refractivity contribution >= 4 is 58.6 Å². The molecule has 18 heteroatoms.